The van der Waals surface area contributed by atoms with Crippen molar-refractivity contribution >= 4 is 22.5 Å². The largest absolute Gasteiger partial charge is 0.331 e. The zero-order chi connectivity index (χ0) is 15.5. The molecule has 0 radical (unpaired) electrons. The van der Waals surface area contributed by atoms with Crippen molar-refractivity contribution in [3.63, 3.8) is 0 Å². The molecule has 3 rings (SSSR count). The van der Waals surface area contributed by atoms with E-state index in [9.17, 15) is 4.79 Å². The van der Waals surface area contributed by atoms with Crippen molar-refractivity contribution in [1.82, 2.24) is 15.1 Å². The molecule has 2 aromatic carbocycles. The molecule has 1 heterocycles. The predicted molar refractivity (Wildman–Crippen MR) is 87.7 cm³/mol. The molecule has 0 saturated heterocycles. The van der Waals surface area contributed by atoms with Gasteiger partial charge in [0.1, 0.15) is 0 Å². The molecule has 1 atom stereocenters. The SMILES string of the molecule is CC(NC(=O)Nc1ccc2ccccc2c1)c1cnn(C)c1. The second-order valence-corrected chi connectivity index (χ2v) is 5.33. The van der Waals surface area contributed by atoms with Crippen LogP contribution in [0.5, 0.6) is 0 Å². The fraction of sp³-hybridized carbons (Fsp3) is 0.176. The van der Waals surface area contributed by atoms with Gasteiger partial charge in [0.05, 0.1) is 12.2 Å². The van der Waals surface area contributed by atoms with Crippen LogP contribution in [0, 0.1) is 0 Å². The minimum Gasteiger partial charge on any atom is -0.331 e. The van der Waals surface area contributed by atoms with Gasteiger partial charge in [0, 0.05) is 24.5 Å². The number of nitrogens with zero attached hydrogens (tertiary/aromatic N) is 2. The molecule has 2 amide bonds. The molecule has 0 fully saturated rings. The van der Waals surface area contributed by atoms with Gasteiger partial charge in [-0.3, -0.25) is 4.68 Å². The molecule has 0 spiro atoms. The van der Waals surface area contributed by atoms with Crippen molar-refractivity contribution in [2.24, 2.45) is 7.05 Å². The Morgan fingerprint density at radius 1 is 1.18 bits per heavy atom. The predicted octanol–water partition coefficient (Wildman–Crippen LogP) is 3.46. The minimum atomic E-state index is -0.230. The number of aromatic nitrogens is 2. The number of urea groups is 1. The van der Waals surface area contributed by atoms with E-state index in [-0.39, 0.29) is 12.1 Å². The highest BCUT2D eigenvalue weighted by atomic mass is 16.2. The zero-order valence-electron chi connectivity index (χ0n) is 12.6. The number of nitrogens with one attached hydrogen (secondary N) is 2. The van der Waals surface area contributed by atoms with Gasteiger partial charge in [-0.15, -0.1) is 0 Å². The maximum atomic E-state index is 12.1. The fourth-order valence-corrected chi connectivity index (χ4v) is 2.38. The minimum absolute atomic E-state index is 0.103. The molecule has 2 N–H and O–H groups in total. The second kappa shape index (κ2) is 5.89. The molecular formula is C17H18N4O. The van der Waals surface area contributed by atoms with Crippen molar-refractivity contribution < 1.29 is 4.79 Å². The average Bonchev–Trinajstić information content (AvgIpc) is 2.94. The van der Waals surface area contributed by atoms with E-state index in [4.69, 9.17) is 0 Å². The van der Waals surface area contributed by atoms with E-state index in [2.05, 4.69) is 15.7 Å². The molecule has 1 aromatic heterocycles. The van der Waals surface area contributed by atoms with Gasteiger partial charge in [-0.2, -0.15) is 5.10 Å². The summed E-state index contributed by atoms with van der Waals surface area (Å²) >= 11 is 0. The summed E-state index contributed by atoms with van der Waals surface area (Å²) in [6, 6.07) is 13.6. The number of aryl methyl sites for hydroxylation is 1. The summed E-state index contributed by atoms with van der Waals surface area (Å²) in [5.41, 5.74) is 1.74. The van der Waals surface area contributed by atoms with Gasteiger partial charge in [0.2, 0.25) is 0 Å². The van der Waals surface area contributed by atoms with Gasteiger partial charge in [0.15, 0.2) is 0 Å². The third-order valence-corrected chi connectivity index (χ3v) is 3.58. The van der Waals surface area contributed by atoms with Crippen LogP contribution in [0.3, 0.4) is 0 Å². The summed E-state index contributed by atoms with van der Waals surface area (Å²) < 4.78 is 1.72. The Morgan fingerprint density at radius 2 is 1.95 bits per heavy atom. The molecular weight excluding hydrogens is 276 g/mol. The van der Waals surface area contributed by atoms with Crippen LogP contribution in [-0.2, 0) is 7.05 Å². The van der Waals surface area contributed by atoms with Crippen molar-refractivity contribution in [2.75, 3.05) is 5.32 Å². The third-order valence-electron chi connectivity index (χ3n) is 3.58. The molecule has 22 heavy (non-hydrogen) atoms. The first kappa shape index (κ1) is 14.1. The summed E-state index contributed by atoms with van der Waals surface area (Å²) in [7, 11) is 1.85. The maximum absolute atomic E-state index is 12.1. The molecule has 0 aliphatic carbocycles. The molecule has 0 saturated carbocycles. The smallest absolute Gasteiger partial charge is 0.319 e. The fourth-order valence-electron chi connectivity index (χ4n) is 2.38. The number of rotatable bonds is 3. The second-order valence-electron chi connectivity index (χ2n) is 5.33. The number of anilines is 1. The molecule has 5 nitrogen and oxygen atoms in total. The summed E-state index contributed by atoms with van der Waals surface area (Å²) in [5, 5.41) is 12.1. The molecule has 3 aromatic rings. The molecule has 0 aliphatic rings. The molecule has 5 heteroatoms. The quantitative estimate of drug-likeness (QED) is 0.777. The van der Waals surface area contributed by atoms with E-state index in [0.29, 0.717) is 0 Å². The van der Waals surface area contributed by atoms with E-state index >= 15 is 0 Å². The van der Waals surface area contributed by atoms with Crippen LogP contribution in [0.1, 0.15) is 18.5 Å². The third kappa shape index (κ3) is 3.09. The number of benzene rings is 2. The first-order valence-corrected chi connectivity index (χ1v) is 7.17. The average molecular weight is 294 g/mol. The molecule has 0 bridgehead atoms. The standard InChI is InChI=1S/C17H18N4O/c1-12(15-10-18-21(2)11-15)19-17(22)20-16-8-7-13-5-3-4-6-14(13)9-16/h3-12H,1-2H3,(H2,19,20,22). The Kier molecular flexibility index (Phi) is 3.78. The number of hydrogen-bond acceptors (Lipinski definition) is 2. The van der Waals surface area contributed by atoms with Crippen molar-refractivity contribution in [2.45, 2.75) is 13.0 Å². The lowest BCUT2D eigenvalue weighted by molar-refractivity contribution is 0.249. The number of hydrogen-bond donors (Lipinski definition) is 2. The van der Waals surface area contributed by atoms with E-state index < -0.39 is 0 Å². The summed E-state index contributed by atoms with van der Waals surface area (Å²) in [5.74, 6) is 0. The Morgan fingerprint density at radius 3 is 2.68 bits per heavy atom. The first-order chi connectivity index (χ1) is 10.6. The van der Waals surface area contributed by atoms with Gasteiger partial charge in [-0.05, 0) is 29.8 Å². The van der Waals surface area contributed by atoms with Crippen LogP contribution in [0.15, 0.2) is 54.9 Å². The lowest BCUT2D eigenvalue weighted by atomic mass is 10.1. The Labute approximate surface area is 128 Å². The highest BCUT2D eigenvalue weighted by Crippen LogP contribution is 2.19. The van der Waals surface area contributed by atoms with E-state index in [1.807, 2.05) is 62.6 Å². The van der Waals surface area contributed by atoms with Crippen molar-refractivity contribution in [3.05, 3.63) is 60.4 Å². The van der Waals surface area contributed by atoms with E-state index in [0.717, 1.165) is 22.0 Å². The van der Waals surface area contributed by atoms with Crippen molar-refractivity contribution in [1.29, 1.82) is 0 Å². The number of fused-ring (bicyclic) bond motifs is 1. The highest BCUT2D eigenvalue weighted by molar-refractivity contribution is 5.93. The van der Waals surface area contributed by atoms with Crippen LogP contribution in [0.4, 0.5) is 10.5 Å². The number of carbonyl (C=O) groups excluding carboxylic acids is 1. The van der Waals surface area contributed by atoms with Gasteiger partial charge in [0.25, 0.3) is 0 Å². The van der Waals surface area contributed by atoms with Gasteiger partial charge in [-0.1, -0.05) is 30.3 Å². The van der Waals surface area contributed by atoms with Crippen LogP contribution in [0.2, 0.25) is 0 Å². The monoisotopic (exact) mass is 294 g/mol. The van der Waals surface area contributed by atoms with Crippen LogP contribution < -0.4 is 10.6 Å². The first-order valence-electron chi connectivity index (χ1n) is 7.17. The Bertz CT molecular complexity index is 809. The number of carbonyl (C=O) groups is 1. The van der Waals surface area contributed by atoms with Crippen LogP contribution in [-0.4, -0.2) is 15.8 Å². The van der Waals surface area contributed by atoms with Gasteiger partial charge < -0.3 is 10.6 Å². The molecule has 112 valence electrons. The van der Waals surface area contributed by atoms with E-state index in [1.54, 1.807) is 10.9 Å². The van der Waals surface area contributed by atoms with Crippen molar-refractivity contribution in [3.8, 4) is 0 Å². The summed E-state index contributed by atoms with van der Waals surface area (Å²) in [6.07, 6.45) is 3.64. The lowest BCUT2D eigenvalue weighted by Gasteiger charge is -2.13. The Balaban J connectivity index is 1.67. The molecule has 1 unspecified atom stereocenters. The molecule has 0 aliphatic heterocycles. The zero-order valence-corrected chi connectivity index (χ0v) is 12.6. The Hall–Kier alpha value is -2.82. The maximum Gasteiger partial charge on any atom is 0.319 e. The highest BCUT2D eigenvalue weighted by Gasteiger charge is 2.11. The topological polar surface area (TPSA) is 59.0 Å². The van der Waals surface area contributed by atoms with Gasteiger partial charge >= 0.3 is 6.03 Å². The summed E-state index contributed by atoms with van der Waals surface area (Å²) in [4.78, 5) is 12.1. The lowest BCUT2D eigenvalue weighted by Crippen LogP contribution is -2.31. The van der Waals surface area contributed by atoms with E-state index in [1.165, 1.54) is 0 Å². The van der Waals surface area contributed by atoms with Gasteiger partial charge in [-0.25, -0.2) is 4.79 Å². The normalized spacial score (nSPS) is 12.1. The van der Waals surface area contributed by atoms with Crippen LogP contribution >= 0.6 is 0 Å². The summed E-state index contributed by atoms with van der Waals surface area (Å²) in [6.45, 7) is 1.93. The number of amides is 2. The van der Waals surface area contributed by atoms with Crippen LogP contribution in [0.25, 0.3) is 10.8 Å².